The number of nitrogens with one attached hydrogen (secondary N) is 1. The third-order valence-electron chi connectivity index (χ3n) is 2.97. The minimum absolute atomic E-state index is 0.763. The average Bonchev–Trinajstić information content (AvgIpc) is 2.49. The van der Waals surface area contributed by atoms with Crippen LogP contribution in [0.4, 0.5) is 5.82 Å². The molecule has 0 aliphatic carbocycles. The molecule has 1 N–H and O–H groups in total. The molecule has 0 saturated heterocycles. The summed E-state index contributed by atoms with van der Waals surface area (Å²) in [6, 6.07) is 6.07. The Balaban J connectivity index is 2.49. The van der Waals surface area contributed by atoms with Gasteiger partial charge in [-0.15, -0.1) is 0 Å². The highest BCUT2D eigenvalue weighted by Crippen LogP contribution is 2.29. The van der Waals surface area contributed by atoms with Gasteiger partial charge in [-0.1, -0.05) is 13.8 Å². The first-order valence-electron chi connectivity index (χ1n) is 6.82. The lowest BCUT2D eigenvalue weighted by atomic mass is 10.2. The Bertz CT molecular complexity index is 647. The number of anilines is 1. The van der Waals surface area contributed by atoms with Gasteiger partial charge in [-0.2, -0.15) is 0 Å². The third-order valence-corrected chi connectivity index (χ3v) is 5.99. The first kappa shape index (κ1) is 17.1. The summed E-state index contributed by atoms with van der Waals surface area (Å²) in [5, 5.41) is 3.39. The van der Waals surface area contributed by atoms with E-state index >= 15 is 0 Å². The summed E-state index contributed by atoms with van der Waals surface area (Å²) >= 11 is 9.35. The van der Waals surface area contributed by atoms with E-state index in [1.165, 1.54) is 0 Å². The van der Waals surface area contributed by atoms with E-state index < -0.39 is 0 Å². The fraction of sp³-hybridized carbons (Fsp3) is 0.333. The summed E-state index contributed by atoms with van der Waals surface area (Å²) in [5.41, 5.74) is 2.09. The third kappa shape index (κ3) is 4.16. The molecule has 1 aromatic carbocycles. The Morgan fingerprint density at radius 2 is 1.90 bits per heavy atom. The summed E-state index contributed by atoms with van der Waals surface area (Å²) in [6.07, 6.45) is 1.97. The molecule has 0 aliphatic heterocycles. The highest BCUT2D eigenvalue weighted by molar-refractivity contribution is 14.1. The minimum Gasteiger partial charge on any atom is -0.369 e. The van der Waals surface area contributed by atoms with Crippen LogP contribution in [0, 0.1) is 3.57 Å². The summed E-state index contributed by atoms with van der Waals surface area (Å²) in [4.78, 5) is 9.40. The van der Waals surface area contributed by atoms with E-state index in [1.807, 2.05) is 18.2 Å². The molecule has 0 atom stereocenters. The maximum absolute atomic E-state index is 4.71. The second kappa shape index (κ2) is 7.87. The van der Waals surface area contributed by atoms with Gasteiger partial charge < -0.3 is 5.32 Å². The standard InChI is InChI=1S/C15H16Br2IN3/c1-3-7-19-15-13(18)12(4-2)20-14(21-15)9-5-6-10(16)11(17)8-9/h5-6,8H,3-4,7H2,1-2H3,(H,19,20,21). The van der Waals surface area contributed by atoms with E-state index in [-0.39, 0.29) is 0 Å². The Labute approximate surface area is 155 Å². The highest BCUT2D eigenvalue weighted by atomic mass is 127. The summed E-state index contributed by atoms with van der Waals surface area (Å²) < 4.78 is 3.14. The lowest BCUT2D eigenvalue weighted by Gasteiger charge is -2.12. The fourth-order valence-electron chi connectivity index (χ4n) is 1.85. The van der Waals surface area contributed by atoms with Crippen LogP contribution in [0.3, 0.4) is 0 Å². The van der Waals surface area contributed by atoms with Gasteiger partial charge in [0.05, 0.1) is 9.26 Å². The van der Waals surface area contributed by atoms with Gasteiger partial charge in [-0.05, 0) is 85.5 Å². The summed E-state index contributed by atoms with van der Waals surface area (Å²) in [5.74, 6) is 1.69. The molecule has 3 nitrogen and oxygen atoms in total. The average molecular weight is 525 g/mol. The number of hydrogen-bond acceptors (Lipinski definition) is 3. The lowest BCUT2D eigenvalue weighted by Crippen LogP contribution is -2.08. The van der Waals surface area contributed by atoms with Crippen molar-refractivity contribution in [2.24, 2.45) is 0 Å². The molecule has 0 bridgehead atoms. The van der Waals surface area contributed by atoms with E-state index in [0.29, 0.717) is 0 Å². The quantitative estimate of drug-likeness (QED) is 0.513. The maximum atomic E-state index is 4.71. The monoisotopic (exact) mass is 523 g/mol. The van der Waals surface area contributed by atoms with Crippen LogP contribution in [0.2, 0.25) is 0 Å². The van der Waals surface area contributed by atoms with Crippen molar-refractivity contribution in [3.63, 3.8) is 0 Å². The molecule has 0 fully saturated rings. The van der Waals surface area contributed by atoms with Gasteiger partial charge in [0.15, 0.2) is 5.82 Å². The SMILES string of the molecule is CCCNc1nc(-c2ccc(Br)c(Br)c2)nc(CC)c1I. The molecule has 0 radical (unpaired) electrons. The number of benzene rings is 1. The molecule has 0 unspecified atom stereocenters. The van der Waals surface area contributed by atoms with Gasteiger partial charge in [0, 0.05) is 21.1 Å². The summed E-state index contributed by atoms with van der Waals surface area (Å²) in [6.45, 7) is 5.18. The van der Waals surface area contributed by atoms with E-state index in [2.05, 4.69) is 73.6 Å². The van der Waals surface area contributed by atoms with Crippen molar-refractivity contribution in [3.05, 3.63) is 36.4 Å². The van der Waals surface area contributed by atoms with Crippen LogP contribution >= 0.6 is 54.5 Å². The van der Waals surface area contributed by atoms with Crippen molar-refractivity contribution in [1.82, 2.24) is 9.97 Å². The Morgan fingerprint density at radius 3 is 2.52 bits per heavy atom. The second-order valence-corrected chi connectivity index (χ2v) is 7.35. The Kier molecular flexibility index (Phi) is 6.43. The minimum atomic E-state index is 0.763. The normalized spacial score (nSPS) is 10.7. The smallest absolute Gasteiger partial charge is 0.161 e. The van der Waals surface area contributed by atoms with E-state index in [9.17, 15) is 0 Å². The van der Waals surface area contributed by atoms with E-state index in [4.69, 9.17) is 9.97 Å². The molecular weight excluding hydrogens is 509 g/mol. The van der Waals surface area contributed by atoms with Gasteiger partial charge in [0.25, 0.3) is 0 Å². The molecular formula is C15H16Br2IN3. The van der Waals surface area contributed by atoms with E-state index in [0.717, 1.165) is 54.8 Å². The number of nitrogens with zero attached hydrogens (tertiary/aromatic N) is 2. The number of aryl methyl sites for hydroxylation is 1. The van der Waals surface area contributed by atoms with Gasteiger partial charge >= 0.3 is 0 Å². The first-order chi connectivity index (χ1) is 10.1. The van der Waals surface area contributed by atoms with Crippen molar-refractivity contribution >= 4 is 60.3 Å². The van der Waals surface area contributed by atoms with Crippen molar-refractivity contribution in [2.75, 3.05) is 11.9 Å². The van der Waals surface area contributed by atoms with Crippen LogP contribution in [0.5, 0.6) is 0 Å². The molecule has 21 heavy (non-hydrogen) atoms. The van der Waals surface area contributed by atoms with Crippen molar-refractivity contribution < 1.29 is 0 Å². The van der Waals surface area contributed by atoms with Crippen LogP contribution in [0.25, 0.3) is 11.4 Å². The Hall–Kier alpha value is -0.210. The molecule has 6 heteroatoms. The van der Waals surface area contributed by atoms with Crippen LogP contribution in [0.1, 0.15) is 26.0 Å². The highest BCUT2D eigenvalue weighted by Gasteiger charge is 2.12. The van der Waals surface area contributed by atoms with Gasteiger partial charge in [-0.25, -0.2) is 9.97 Å². The molecule has 2 rings (SSSR count). The zero-order valence-electron chi connectivity index (χ0n) is 11.9. The number of hydrogen-bond donors (Lipinski definition) is 1. The number of rotatable bonds is 5. The topological polar surface area (TPSA) is 37.8 Å². The zero-order chi connectivity index (χ0) is 15.4. The van der Waals surface area contributed by atoms with Crippen molar-refractivity contribution in [3.8, 4) is 11.4 Å². The molecule has 0 saturated carbocycles. The number of aromatic nitrogens is 2. The molecule has 1 aromatic heterocycles. The van der Waals surface area contributed by atoms with Gasteiger partial charge in [0.2, 0.25) is 0 Å². The molecule has 1 heterocycles. The fourth-order valence-corrected chi connectivity index (χ4v) is 3.29. The first-order valence-corrected chi connectivity index (χ1v) is 9.49. The van der Waals surface area contributed by atoms with Crippen molar-refractivity contribution in [2.45, 2.75) is 26.7 Å². The summed E-state index contributed by atoms with van der Waals surface area (Å²) in [7, 11) is 0. The van der Waals surface area contributed by atoms with Gasteiger partial charge in [0.1, 0.15) is 5.82 Å². The maximum Gasteiger partial charge on any atom is 0.161 e. The zero-order valence-corrected chi connectivity index (χ0v) is 17.2. The van der Waals surface area contributed by atoms with Crippen LogP contribution in [-0.2, 0) is 6.42 Å². The lowest BCUT2D eigenvalue weighted by molar-refractivity contribution is 0.943. The largest absolute Gasteiger partial charge is 0.369 e. The van der Waals surface area contributed by atoms with Crippen LogP contribution < -0.4 is 5.32 Å². The van der Waals surface area contributed by atoms with Crippen LogP contribution in [-0.4, -0.2) is 16.5 Å². The van der Waals surface area contributed by atoms with Crippen molar-refractivity contribution in [1.29, 1.82) is 0 Å². The van der Waals surface area contributed by atoms with Gasteiger partial charge in [-0.3, -0.25) is 0 Å². The van der Waals surface area contributed by atoms with E-state index in [1.54, 1.807) is 0 Å². The Morgan fingerprint density at radius 1 is 1.14 bits per heavy atom. The van der Waals surface area contributed by atoms with Crippen LogP contribution in [0.15, 0.2) is 27.1 Å². The molecule has 0 amide bonds. The molecule has 0 spiro atoms. The molecule has 112 valence electrons. The second-order valence-electron chi connectivity index (χ2n) is 4.57. The predicted molar refractivity (Wildman–Crippen MR) is 104 cm³/mol. The number of halogens is 3. The predicted octanol–water partition coefficient (Wildman–Crippen LogP) is 5.66. The molecule has 2 aromatic rings. The molecule has 0 aliphatic rings.